The lowest BCUT2D eigenvalue weighted by molar-refractivity contribution is 0.424. The second kappa shape index (κ2) is 7.23. The number of benzene rings is 1. The summed E-state index contributed by atoms with van der Waals surface area (Å²) in [6.07, 6.45) is 5.06. The van der Waals surface area contributed by atoms with Crippen molar-refractivity contribution in [1.82, 2.24) is 9.78 Å². The Kier molecular flexibility index (Phi) is 5.59. The zero-order valence-corrected chi connectivity index (χ0v) is 14.6. The van der Waals surface area contributed by atoms with Crippen LogP contribution in [0.25, 0.3) is 0 Å². The zero-order chi connectivity index (χ0) is 15.4. The molecule has 0 amide bonds. The molecule has 0 aliphatic heterocycles. The molecule has 4 heteroatoms. The monoisotopic (exact) mass is 349 g/mol. The standard InChI is InChI=1S/C17H24BrN3/c1-4-15(5-2)21-9-8-14(20-21)11-17(19)13-6-7-16(18)12(3)10-13/h6-10,15,17H,4-5,11,19H2,1-3H3. The van der Waals surface area contributed by atoms with Crippen LogP contribution in [0.5, 0.6) is 0 Å². The predicted molar refractivity (Wildman–Crippen MR) is 91.4 cm³/mol. The molecule has 3 nitrogen and oxygen atoms in total. The minimum absolute atomic E-state index is 0.0122. The van der Waals surface area contributed by atoms with E-state index in [4.69, 9.17) is 5.73 Å². The second-order valence-electron chi connectivity index (χ2n) is 5.58. The van der Waals surface area contributed by atoms with Gasteiger partial charge in [0.1, 0.15) is 0 Å². The van der Waals surface area contributed by atoms with Crippen molar-refractivity contribution >= 4 is 15.9 Å². The van der Waals surface area contributed by atoms with Crippen LogP contribution in [0.3, 0.4) is 0 Å². The van der Waals surface area contributed by atoms with Gasteiger partial charge in [0.15, 0.2) is 0 Å². The largest absolute Gasteiger partial charge is 0.324 e. The number of hydrogen-bond acceptors (Lipinski definition) is 2. The lowest BCUT2D eigenvalue weighted by atomic mass is 10.0. The van der Waals surface area contributed by atoms with Crippen molar-refractivity contribution in [2.45, 2.75) is 52.1 Å². The van der Waals surface area contributed by atoms with Crippen LogP contribution in [-0.2, 0) is 6.42 Å². The molecule has 0 spiro atoms. The summed E-state index contributed by atoms with van der Waals surface area (Å²) in [6.45, 7) is 6.49. The molecule has 2 rings (SSSR count). The summed E-state index contributed by atoms with van der Waals surface area (Å²) in [5.41, 5.74) is 9.77. The molecule has 2 aromatic rings. The van der Waals surface area contributed by atoms with Crippen molar-refractivity contribution in [1.29, 1.82) is 0 Å². The van der Waals surface area contributed by atoms with Crippen LogP contribution in [0.1, 0.15) is 55.6 Å². The number of aromatic nitrogens is 2. The lowest BCUT2D eigenvalue weighted by Crippen LogP contribution is -2.15. The summed E-state index contributed by atoms with van der Waals surface area (Å²) in [6, 6.07) is 8.86. The van der Waals surface area contributed by atoms with Gasteiger partial charge in [0, 0.05) is 23.1 Å². The van der Waals surface area contributed by atoms with E-state index in [1.165, 1.54) is 5.56 Å². The first-order valence-electron chi connectivity index (χ1n) is 7.60. The maximum atomic E-state index is 6.33. The van der Waals surface area contributed by atoms with Crippen LogP contribution in [0, 0.1) is 6.92 Å². The Morgan fingerprint density at radius 1 is 1.24 bits per heavy atom. The van der Waals surface area contributed by atoms with Crippen molar-refractivity contribution in [3.05, 3.63) is 51.8 Å². The van der Waals surface area contributed by atoms with Crippen molar-refractivity contribution in [3.63, 3.8) is 0 Å². The first kappa shape index (κ1) is 16.2. The smallest absolute Gasteiger partial charge is 0.0643 e. The number of aryl methyl sites for hydroxylation is 1. The fourth-order valence-corrected chi connectivity index (χ4v) is 2.84. The summed E-state index contributed by atoms with van der Waals surface area (Å²) in [4.78, 5) is 0. The molecule has 1 heterocycles. The van der Waals surface area contributed by atoms with Gasteiger partial charge in [-0.3, -0.25) is 4.68 Å². The van der Waals surface area contributed by atoms with Crippen LogP contribution in [-0.4, -0.2) is 9.78 Å². The van der Waals surface area contributed by atoms with E-state index in [-0.39, 0.29) is 6.04 Å². The molecule has 0 aliphatic carbocycles. The number of rotatable bonds is 6. The van der Waals surface area contributed by atoms with Crippen molar-refractivity contribution in [3.8, 4) is 0 Å². The van der Waals surface area contributed by atoms with Crippen LogP contribution in [0.2, 0.25) is 0 Å². The highest BCUT2D eigenvalue weighted by Crippen LogP contribution is 2.22. The topological polar surface area (TPSA) is 43.8 Å². The number of hydrogen-bond donors (Lipinski definition) is 1. The average molecular weight is 350 g/mol. The molecule has 1 atom stereocenters. The Morgan fingerprint density at radius 2 is 1.95 bits per heavy atom. The molecule has 0 fully saturated rings. The van der Waals surface area contributed by atoms with Gasteiger partial charge in [0.2, 0.25) is 0 Å². The van der Waals surface area contributed by atoms with Crippen molar-refractivity contribution < 1.29 is 0 Å². The fraction of sp³-hybridized carbons (Fsp3) is 0.471. The molecule has 21 heavy (non-hydrogen) atoms. The highest BCUT2D eigenvalue weighted by Gasteiger charge is 2.12. The Bertz CT molecular complexity index is 587. The molecule has 1 aromatic carbocycles. The SMILES string of the molecule is CCC(CC)n1ccc(CC(N)c2ccc(Br)c(C)c2)n1. The molecule has 1 aromatic heterocycles. The Hall–Kier alpha value is -1.13. The van der Waals surface area contributed by atoms with Crippen LogP contribution in [0.15, 0.2) is 34.9 Å². The van der Waals surface area contributed by atoms with Crippen LogP contribution in [0.4, 0.5) is 0 Å². The third-order valence-corrected chi connectivity index (χ3v) is 4.91. The third-order valence-electron chi connectivity index (χ3n) is 4.02. The summed E-state index contributed by atoms with van der Waals surface area (Å²) in [5.74, 6) is 0. The molecule has 0 bridgehead atoms. The van der Waals surface area contributed by atoms with Crippen molar-refractivity contribution in [2.24, 2.45) is 5.73 Å². The van der Waals surface area contributed by atoms with Gasteiger partial charge in [0.05, 0.1) is 11.7 Å². The first-order chi connectivity index (χ1) is 10.0. The van der Waals surface area contributed by atoms with Gasteiger partial charge < -0.3 is 5.73 Å². The van der Waals surface area contributed by atoms with Crippen molar-refractivity contribution in [2.75, 3.05) is 0 Å². The number of nitrogens with zero attached hydrogens (tertiary/aromatic N) is 2. The Morgan fingerprint density at radius 3 is 2.57 bits per heavy atom. The quantitative estimate of drug-likeness (QED) is 0.830. The highest BCUT2D eigenvalue weighted by molar-refractivity contribution is 9.10. The van der Waals surface area contributed by atoms with Crippen LogP contribution >= 0.6 is 15.9 Å². The second-order valence-corrected chi connectivity index (χ2v) is 6.43. The van der Waals surface area contributed by atoms with Gasteiger partial charge >= 0.3 is 0 Å². The van der Waals surface area contributed by atoms with Gasteiger partial charge in [-0.1, -0.05) is 41.9 Å². The van der Waals surface area contributed by atoms with E-state index in [0.717, 1.165) is 35.0 Å². The normalized spacial score (nSPS) is 12.9. The molecule has 2 N–H and O–H groups in total. The zero-order valence-electron chi connectivity index (χ0n) is 13.0. The summed E-state index contributed by atoms with van der Waals surface area (Å²) < 4.78 is 3.20. The molecule has 0 saturated carbocycles. The van der Waals surface area contributed by atoms with Gasteiger partial charge in [-0.05, 0) is 43.0 Å². The van der Waals surface area contributed by atoms with Gasteiger partial charge in [-0.15, -0.1) is 0 Å². The number of halogens is 1. The van der Waals surface area contributed by atoms with Gasteiger partial charge in [-0.25, -0.2) is 0 Å². The predicted octanol–water partition coefficient (Wildman–Crippen LogP) is 4.56. The fourth-order valence-electron chi connectivity index (χ4n) is 2.59. The maximum Gasteiger partial charge on any atom is 0.0643 e. The minimum Gasteiger partial charge on any atom is -0.324 e. The van der Waals surface area contributed by atoms with E-state index in [0.29, 0.717) is 6.04 Å². The van der Waals surface area contributed by atoms with E-state index in [2.05, 4.69) is 76.9 Å². The summed E-state index contributed by atoms with van der Waals surface area (Å²) in [5, 5.41) is 4.69. The molecule has 1 unspecified atom stereocenters. The van der Waals surface area contributed by atoms with E-state index >= 15 is 0 Å². The van der Waals surface area contributed by atoms with E-state index in [1.54, 1.807) is 0 Å². The Balaban J connectivity index is 2.08. The molecule has 0 radical (unpaired) electrons. The first-order valence-corrected chi connectivity index (χ1v) is 8.40. The molecular formula is C17H24BrN3. The minimum atomic E-state index is -0.0122. The molecule has 0 saturated heterocycles. The highest BCUT2D eigenvalue weighted by atomic mass is 79.9. The average Bonchev–Trinajstić information content (AvgIpc) is 2.91. The molecule has 0 aliphatic rings. The van der Waals surface area contributed by atoms with Gasteiger partial charge in [0.25, 0.3) is 0 Å². The van der Waals surface area contributed by atoms with Gasteiger partial charge in [-0.2, -0.15) is 5.10 Å². The molecule has 114 valence electrons. The maximum absolute atomic E-state index is 6.33. The van der Waals surface area contributed by atoms with E-state index in [9.17, 15) is 0 Å². The van der Waals surface area contributed by atoms with E-state index < -0.39 is 0 Å². The Labute approximate surface area is 135 Å². The summed E-state index contributed by atoms with van der Waals surface area (Å²) >= 11 is 3.52. The van der Waals surface area contributed by atoms with Crippen LogP contribution < -0.4 is 5.73 Å². The van der Waals surface area contributed by atoms with E-state index in [1.807, 2.05) is 0 Å². The number of nitrogens with two attached hydrogens (primary N) is 1. The third kappa shape index (κ3) is 3.95. The molecular weight excluding hydrogens is 326 g/mol. The lowest BCUT2D eigenvalue weighted by Gasteiger charge is -2.14. The summed E-state index contributed by atoms with van der Waals surface area (Å²) in [7, 11) is 0.